The summed E-state index contributed by atoms with van der Waals surface area (Å²) in [6, 6.07) is 0. The minimum absolute atomic E-state index is 0.214. The Hall–Kier alpha value is -1.05. The quantitative estimate of drug-likeness (QED) is 0.524. The zero-order valence-electron chi connectivity index (χ0n) is 10.6. The molecule has 2 heteroatoms. The second-order valence-corrected chi connectivity index (χ2v) is 4.62. The maximum absolute atomic E-state index is 11.8. The van der Waals surface area contributed by atoms with E-state index in [0.717, 1.165) is 42.8 Å². The Morgan fingerprint density at radius 2 is 2.19 bits per heavy atom. The van der Waals surface area contributed by atoms with Crippen molar-refractivity contribution in [1.82, 2.24) is 0 Å². The SMILES string of the molecule is C=C(C)C1CC(=O)C(C)=C(OCCCC)C1. The van der Waals surface area contributed by atoms with E-state index in [4.69, 9.17) is 4.74 Å². The summed E-state index contributed by atoms with van der Waals surface area (Å²) < 4.78 is 5.70. The molecule has 0 amide bonds. The first-order chi connectivity index (χ1) is 7.56. The van der Waals surface area contributed by atoms with Gasteiger partial charge in [0, 0.05) is 18.4 Å². The van der Waals surface area contributed by atoms with Crippen LogP contribution in [0.5, 0.6) is 0 Å². The molecule has 0 heterocycles. The molecule has 0 saturated heterocycles. The lowest BCUT2D eigenvalue weighted by atomic mass is 9.84. The van der Waals surface area contributed by atoms with Crippen LogP contribution in [0.2, 0.25) is 0 Å². The monoisotopic (exact) mass is 222 g/mol. The van der Waals surface area contributed by atoms with Gasteiger partial charge >= 0.3 is 0 Å². The second-order valence-electron chi connectivity index (χ2n) is 4.62. The molecule has 1 rings (SSSR count). The molecule has 1 aliphatic carbocycles. The molecule has 90 valence electrons. The molecule has 1 aliphatic rings. The molecule has 0 aromatic rings. The minimum Gasteiger partial charge on any atom is -0.498 e. The minimum atomic E-state index is 0.214. The zero-order valence-corrected chi connectivity index (χ0v) is 10.6. The lowest BCUT2D eigenvalue weighted by Crippen LogP contribution is -2.20. The lowest BCUT2D eigenvalue weighted by molar-refractivity contribution is -0.117. The van der Waals surface area contributed by atoms with Crippen molar-refractivity contribution in [2.45, 2.75) is 46.5 Å². The maximum atomic E-state index is 11.8. The third-order valence-corrected chi connectivity index (χ3v) is 3.17. The van der Waals surface area contributed by atoms with Crippen LogP contribution in [-0.4, -0.2) is 12.4 Å². The summed E-state index contributed by atoms with van der Waals surface area (Å²) >= 11 is 0. The van der Waals surface area contributed by atoms with E-state index in [1.165, 1.54) is 0 Å². The van der Waals surface area contributed by atoms with Crippen LogP contribution in [-0.2, 0) is 9.53 Å². The second kappa shape index (κ2) is 5.88. The fraction of sp³-hybridized carbons (Fsp3) is 0.643. The average molecular weight is 222 g/mol. The first kappa shape index (κ1) is 13.0. The number of ether oxygens (including phenoxy) is 1. The molecule has 0 aromatic heterocycles. The lowest BCUT2D eigenvalue weighted by Gasteiger charge is -2.25. The summed E-state index contributed by atoms with van der Waals surface area (Å²) in [5.41, 5.74) is 1.89. The summed E-state index contributed by atoms with van der Waals surface area (Å²) in [5.74, 6) is 1.37. The largest absolute Gasteiger partial charge is 0.498 e. The highest BCUT2D eigenvalue weighted by Gasteiger charge is 2.26. The van der Waals surface area contributed by atoms with Crippen LogP contribution in [0.25, 0.3) is 0 Å². The van der Waals surface area contributed by atoms with Gasteiger partial charge in [0.15, 0.2) is 5.78 Å². The van der Waals surface area contributed by atoms with Crippen LogP contribution in [0, 0.1) is 5.92 Å². The van der Waals surface area contributed by atoms with Gasteiger partial charge in [0.2, 0.25) is 0 Å². The summed E-state index contributed by atoms with van der Waals surface area (Å²) in [6.45, 7) is 10.7. The van der Waals surface area contributed by atoms with Gasteiger partial charge in [-0.3, -0.25) is 4.79 Å². The van der Waals surface area contributed by atoms with Gasteiger partial charge in [0.25, 0.3) is 0 Å². The first-order valence-electron chi connectivity index (χ1n) is 6.07. The highest BCUT2D eigenvalue weighted by Crippen LogP contribution is 2.31. The molecule has 0 N–H and O–H groups in total. The highest BCUT2D eigenvalue weighted by atomic mass is 16.5. The number of unbranched alkanes of at least 4 members (excludes halogenated alkanes) is 1. The number of Topliss-reactive ketones (excluding diaryl/α,β-unsaturated/α-hetero) is 1. The predicted octanol–water partition coefficient (Wildman–Crippen LogP) is 3.63. The third kappa shape index (κ3) is 3.22. The van der Waals surface area contributed by atoms with Crippen molar-refractivity contribution in [3.05, 3.63) is 23.5 Å². The molecule has 2 nitrogen and oxygen atoms in total. The van der Waals surface area contributed by atoms with Gasteiger partial charge in [-0.15, -0.1) is 0 Å². The standard InChI is InChI=1S/C14H22O2/c1-5-6-7-16-14-9-12(10(2)3)8-13(15)11(14)4/h12H,2,5-9H2,1,3-4H3. The van der Waals surface area contributed by atoms with E-state index >= 15 is 0 Å². The van der Waals surface area contributed by atoms with Crippen LogP contribution >= 0.6 is 0 Å². The van der Waals surface area contributed by atoms with Crippen LogP contribution in [0.4, 0.5) is 0 Å². The van der Waals surface area contributed by atoms with E-state index in [1.807, 2.05) is 13.8 Å². The third-order valence-electron chi connectivity index (χ3n) is 3.17. The van der Waals surface area contributed by atoms with Crippen molar-refractivity contribution >= 4 is 5.78 Å². The van der Waals surface area contributed by atoms with E-state index in [0.29, 0.717) is 6.42 Å². The van der Waals surface area contributed by atoms with E-state index in [2.05, 4.69) is 13.5 Å². The normalized spacial score (nSPS) is 21.2. The molecule has 0 spiro atoms. The van der Waals surface area contributed by atoms with Gasteiger partial charge in [-0.2, -0.15) is 0 Å². The van der Waals surface area contributed by atoms with Gasteiger partial charge in [-0.05, 0) is 26.2 Å². The van der Waals surface area contributed by atoms with E-state index < -0.39 is 0 Å². The van der Waals surface area contributed by atoms with Gasteiger partial charge in [-0.1, -0.05) is 25.5 Å². The number of allylic oxidation sites excluding steroid dienone is 3. The number of carbonyl (C=O) groups excluding carboxylic acids is 1. The van der Waals surface area contributed by atoms with E-state index in [9.17, 15) is 4.79 Å². The number of hydrogen-bond acceptors (Lipinski definition) is 2. The summed E-state index contributed by atoms with van der Waals surface area (Å²) in [4.78, 5) is 11.8. The van der Waals surface area contributed by atoms with Crippen molar-refractivity contribution in [3.8, 4) is 0 Å². The van der Waals surface area contributed by atoms with Gasteiger partial charge in [-0.25, -0.2) is 0 Å². The molecule has 0 bridgehead atoms. The summed E-state index contributed by atoms with van der Waals surface area (Å²) in [7, 11) is 0. The molecule has 16 heavy (non-hydrogen) atoms. The van der Waals surface area contributed by atoms with Gasteiger partial charge < -0.3 is 4.74 Å². The van der Waals surface area contributed by atoms with E-state index in [1.54, 1.807) is 0 Å². The molecular formula is C14H22O2. The van der Waals surface area contributed by atoms with Crippen LogP contribution in [0.3, 0.4) is 0 Å². The van der Waals surface area contributed by atoms with Crippen molar-refractivity contribution in [3.63, 3.8) is 0 Å². The number of hydrogen-bond donors (Lipinski definition) is 0. The molecule has 0 saturated carbocycles. The van der Waals surface area contributed by atoms with Crippen molar-refractivity contribution in [1.29, 1.82) is 0 Å². The molecular weight excluding hydrogens is 200 g/mol. The smallest absolute Gasteiger partial charge is 0.162 e. The molecule has 0 fully saturated rings. The number of rotatable bonds is 5. The fourth-order valence-electron chi connectivity index (χ4n) is 1.84. The van der Waals surface area contributed by atoms with Crippen molar-refractivity contribution in [2.75, 3.05) is 6.61 Å². The number of ketones is 1. The van der Waals surface area contributed by atoms with E-state index in [-0.39, 0.29) is 11.7 Å². The first-order valence-corrected chi connectivity index (χ1v) is 6.07. The van der Waals surface area contributed by atoms with Crippen LogP contribution in [0.15, 0.2) is 23.5 Å². The van der Waals surface area contributed by atoms with Crippen molar-refractivity contribution < 1.29 is 9.53 Å². The molecule has 0 radical (unpaired) electrons. The Morgan fingerprint density at radius 1 is 1.50 bits per heavy atom. The Labute approximate surface area is 98.4 Å². The number of carbonyl (C=O) groups is 1. The Balaban J connectivity index is 2.67. The van der Waals surface area contributed by atoms with Gasteiger partial charge in [0.05, 0.1) is 6.61 Å². The summed E-state index contributed by atoms with van der Waals surface area (Å²) in [5, 5.41) is 0. The van der Waals surface area contributed by atoms with Crippen LogP contribution in [0.1, 0.15) is 46.5 Å². The van der Waals surface area contributed by atoms with Crippen LogP contribution < -0.4 is 0 Å². The molecule has 0 aliphatic heterocycles. The fourth-order valence-corrected chi connectivity index (χ4v) is 1.84. The molecule has 1 unspecified atom stereocenters. The summed E-state index contributed by atoms with van der Waals surface area (Å²) in [6.07, 6.45) is 3.60. The highest BCUT2D eigenvalue weighted by molar-refractivity contribution is 5.96. The zero-order chi connectivity index (χ0) is 12.1. The Kier molecular flexibility index (Phi) is 4.78. The van der Waals surface area contributed by atoms with Gasteiger partial charge in [0.1, 0.15) is 5.76 Å². The molecule has 1 atom stereocenters. The van der Waals surface area contributed by atoms with Crippen molar-refractivity contribution in [2.24, 2.45) is 5.92 Å². The average Bonchev–Trinajstić information content (AvgIpc) is 2.24. The predicted molar refractivity (Wildman–Crippen MR) is 66.1 cm³/mol. The topological polar surface area (TPSA) is 26.3 Å². The molecule has 0 aromatic carbocycles. The Morgan fingerprint density at radius 3 is 2.75 bits per heavy atom. The Bertz CT molecular complexity index is 313. The maximum Gasteiger partial charge on any atom is 0.162 e.